The maximum absolute atomic E-state index is 12.3. The highest BCUT2D eigenvalue weighted by atomic mass is 16.6. The van der Waals surface area contributed by atoms with Crippen molar-refractivity contribution in [3.05, 3.63) is 81.5 Å². The van der Waals surface area contributed by atoms with Gasteiger partial charge in [0.1, 0.15) is 5.69 Å². The summed E-state index contributed by atoms with van der Waals surface area (Å²) in [6.45, 7) is 3.79. The summed E-state index contributed by atoms with van der Waals surface area (Å²) in [4.78, 5) is 22.7. The second-order valence-electron chi connectivity index (χ2n) is 5.98. The van der Waals surface area contributed by atoms with Gasteiger partial charge >= 0.3 is 0 Å². The molecule has 2 N–H and O–H groups in total. The van der Waals surface area contributed by atoms with E-state index in [4.69, 9.17) is 0 Å². The van der Waals surface area contributed by atoms with Gasteiger partial charge in [-0.2, -0.15) is 10.2 Å². The van der Waals surface area contributed by atoms with E-state index in [1.54, 1.807) is 19.1 Å². The van der Waals surface area contributed by atoms with Crippen molar-refractivity contribution in [1.29, 1.82) is 0 Å². The van der Waals surface area contributed by atoms with E-state index in [0.29, 0.717) is 17.0 Å². The van der Waals surface area contributed by atoms with Gasteiger partial charge in [0.25, 0.3) is 11.6 Å². The summed E-state index contributed by atoms with van der Waals surface area (Å²) in [7, 11) is 0. The fourth-order valence-electron chi connectivity index (χ4n) is 2.42. The predicted octanol–water partition coefficient (Wildman–Crippen LogP) is 3.45. The first-order chi connectivity index (χ1) is 12.9. The highest BCUT2D eigenvalue weighted by Gasteiger charge is 2.13. The Balaban J connectivity index is 1.73. The van der Waals surface area contributed by atoms with Crippen molar-refractivity contribution in [3.63, 3.8) is 0 Å². The number of H-pyrrole nitrogens is 1. The standard InChI is InChI=1S/C19H17N5O3/c1-12-6-8-14(9-7-12)13(2)20-23-19(25)18-11-17(21-22-18)15-4-3-5-16(10-15)24(26)27/h3-11H,1-2H3,(H,21,22)(H,23,25). The fraction of sp³-hybridized carbons (Fsp3) is 0.105. The van der Waals surface area contributed by atoms with Gasteiger partial charge in [-0.3, -0.25) is 20.0 Å². The highest BCUT2D eigenvalue weighted by Crippen LogP contribution is 2.22. The van der Waals surface area contributed by atoms with Gasteiger partial charge in [0.15, 0.2) is 0 Å². The van der Waals surface area contributed by atoms with E-state index < -0.39 is 10.8 Å². The van der Waals surface area contributed by atoms with Crippen molar-refractivity contribution in [2.24, 2.45) is 5.10 Å². The highest BCUT2D eigenvalue weighted by molar-refractivity contribution is 6.00. The van der Waals surface area contributed by atoms with Crippen LogP contribution in [0.5, 0.6) is 0 Å². The number of nitrogens with zero attached hydrogens (tertiary/aromatic N) is 3. The number of carbonyl (C=O) groups excluding carboxylic acids is 1. The summed E-state index contributed by atoms with van der Waals surface area (Å²) < 4.78 is 0. The summed E-state index contributed by atoms with van der Waals surface area (Å²) in [5.41, 5.74) is 6.33. The third kappa shape index (κ3) is 4.24. The van der Waals surface area contributed by atoms with Crippen LogP contribution in [0.1, 0.15) is 28.5 Å². The first kappa shape index (κ1) is 18.0. The van der Waals surface area contributed by atoms with Crippen molar-refractivity contribution < 1.29 is 9.72 Å². The molecule has 0 radical (unpaired) electrons. The third-order valence-electron chi connectivity index (χ3n) is 3.97. The number of nitro benzene ring substituents is 1. The minimum absolute atomic E-state index is 0.0418. The number of hydrazone groups is 1. The van der Waals surface area contributed by atoms with Gasteiger partial charge in [0.05, 0.1) is 16.3 Å². The number of aromatic nitrogens is 2. The average Bonchev–Trinajstić information content (AvgIpc) is 3.17. The van der Waals surface area contributed by atoms with Crippen LogP contribution in [0, 0.1) is 17.0 Å². The molecule has 0 aliphatic rings. The van der Waals surface area contributed by atoms with Crippen molar-refractivity contribution in [1.82, 2.24) is 15.6 Å². The summed E-state index contributed by atoms with van der Waals surface area (Å²) in [6, 6.07) is 15.4. The minimum Gasteiger partial charge on any atom is -0.272 e. The molecule has 0 bridgehead atoms. The zero-order valence-electron chi connectivity index (χ0n) is 14.8. The van der Waals surface area contributed by atoms with E-state index in [0.717, 1.165) is 11.1 Å². The molecule has 0 saturated heterocycles. The lowest BCUT2D eigenvalue weighted by atomic mass is 10.1. The van der Waals surface area contributed by atoms with Crippen LogP contribution in [0.25, 0.3) is 11.3 Å². The normalized spacial score (nSPS) is 11.3. The summed E-state index contributed by atoms with van der Waals surface area (Å²) in [6.07, 6.45) is 0. The molecule has 0 aliphatic carbocycles. The van der Waals surface area contributed by atoms with Crippen LogP contribution in [0.3, 0.4) is 0 Å². The average molecular weight is 363 g/mol. The zero-order chi connectivity index (χ0) is 19.4. The first-order valence-corrected chi connectivity index (χ1v) is 8.16. The fourth-order valence-corrected chi connectivity index (χ4v) is 2.42. The lowest BCUT2D eigenvalue weighted by Crippen LogP contribution is -2.19. The maximum atomic E-state index is 12.3. The Bertz CT molecular complexity index is 1020. The molecule has 0 aliphatic heterocycles. The van der Waals surface area contributed by atoms with Crippen LogP contribution in [-0.2, 0) is 0 Å². The summed E-state index contributed by atoms with van der Waals surface area (Å²) in [5.74, 6) is -0.453. The number of aromatic amines is 1. The molecule has 0 fully saturated rings. The van der Waals surface area contributed by atoms with Crippen molar-refractivity contribution >= 4 is 17.3 Å². The molecule has 0 unspecified atom stereocenters. The number of non-ortho nitro benzene ring substituents is 1. The Kier molecular flexibility index (Phi) is 5.07. The molecule has 1 heterocycles. The molecule has 3 rings (SSSR count). The topological polar surface area (TPSA) is 113 Å². The molecule has 3 aromatic rings. The molecule has 0 atom stereocenters. The lowest BCUT2D eigenvalue weighted by Gasteiger charge is -2.02. The molecule has 0 spiro atoms. The number of nitro groups is 1. The second kappa shape index (κ2) is 7.61. The van der Waals surface area contributed by atoms with E-state index in [-0.39, 0.29) is 11.4 Å². The van der Waals surface area contributed by atoms with E-state index in [9.17, 15) is 14.9 Å². The first-order valence-electron chi connectivity index (χ1n) is 8.16. The van der Waals surface area contributed by atoms with E-state index >= 15 is 0 Å². The number of rotatable bonds is 5. The molecular weight excluding hydrogens is 346 g/mol. The number of nitrogens with one attached hydrogen (secondary N) is 2. The molecular formula is C19H17N5O3. The smallest absolute Gasteiger partial charge is 0.272 e. The van der Waals surface area contributed by atoms with Crippen LogP contribution >= 0.6 is 0 Å². The second-order valence-corrected chi connectivity index (χ2v) is 5.98. The van der Waals surface area contributed by atoms with Crippen molar-refractivity contribution in [2.75, 3.05) is 0 Å². The minimum atomic E-state index is -0.480. The number of amides is 1. The van der Waals surface area contributed by atoms with Gasteiger partial charge in [-0.05, 0) is 25.5 Å². The molecule has 27 heavy (non-hydrogen) atoms. The molecule has 8 heteroatoms. The zero-order valence-corrected chi connectivity index (χ0v) is 14.8. The maximum Gasteiger partial charge on any atom is 0.289 e. The van der Waals surface area contributed by atoms with Gasteiger partial charge in [0, 0.05) is 17.7 Å². The van der Waals surface area contributed by atoms with Gasteiger partial charge in [-0.1, -0.05) is 42.0 Å². The van der Waals surface area contributed by atoms with E-state index in [1.165, 1.54) is 18.2 Å². The number of benzene rings is 2. The van der Waals surface area contributed by atoms with Gasteiger partial charge < -0.3 is 0 Å². The van der Waals surface area contributed by atoms with E-state index in [1.807, 2.05) is 31.2 Å². The number of hydrogen-bond acceptors (Lipinski definition) is 5. The van der Waals surface area contributed by atoms with Gasteiger partial charge in [0.2, 0.25) is 0 Å². The molecule has 136 valence electrons. The van der Waals surface area contributed by atoms with Crippen molar-refractivity contribution in [2.45, 2.75) is 13.8 Å². The number of carbonyl (C=O) groups is 1. The summed E-state index contributed by atoms with van der Waals surface area (Å²) in [5, 5.41) is 21.6. The SMILES string of the molecule is CC(=NNC(=O)c1cc(-c2cccc([N+](=O)[O-])c2)n[nH]1)c1ccc(C)cc1. The third-order valence-corrected chi connectivity index (χ3v) is 3.97. The van der Waals surface area contributed by atoms with Gasteiger partial charge in [-0.15, -0.1) is 0 Å². The molecule has 0 saturated carbocycles. The summed E-state index contributed by atoms with van der Waals surface area (Å²) >= 11 is 0. The molecule has 1 aromatic heterocycles. The Labute approximate surface area is 155 Å². The Morgan fingerprint density at radius 1 is 1.19 bits per heavy atom. The number of hydrogen-bond donors (Lipinski definition) is 2. The largest absolute Gasteiger partial charge is 0.289 e. The molecule has 8 nitrogen and oxygen atoms in total. The van der Waals surface area contributed by atoms with Crippen LogP contribution in [0.2, 0.25) is 0 Å². The van der Waals surface area contributed by atoms with Crippen LogP contribution in [0.15, 0.2) is 59.7 Å². The lowest BCUT2D eigenvalue weighted by molar-refractivity contribution is -0.384. The number of aryl methyl sites for hydroxylation is 1. The van der Waals surface area contributed by atoms with Gasteiger partial charge in [-0.25, -0.2) is 5.43 Å². The quantitative estimate of drug-likeness (QED) is 0.410. The van der Waals surface area contributed by atoms with Crippen molar-refractivity contribution in [3.8, 4) is 11.3 Å². The Morgan fingerprint density at radius 2 is 1.93 bits per heavy atom. The predicted molar refractivity (Wildman–Crippen MR) is 102 cm³/mol. The van der Waals surface area contributed by atoms with E-state index in [2.05, 4.69) is 20.7 Å². The van der Waals surface area contributed by atoms with Crippen LogP contribution in [0.4, 0.5) is 5.69 Å². The molecule has 2 aromatic carbocycles. The molecule has 1 amide bonds. The Hall–Kier alpha value is -3.81. The Morgan fingerprint density at radius 3 is 2.63 bits per heavy atom. The van der Waals surface area contributed by atoms with Crippen LogP contribution < -0.4 is 5.43 Å². The monoisotopic (exact) mass is 363 g/mol. The van der Waals surface area contributed by atoms with Crippen LogP contribution in [-0.4, -0.2) is 26.7 Å².